The number of hydrogen-bond acceptors (Lipinski definition) is 12. The molecule has 2 aliphatic carbocycles. The number of Topliss-reactive ketones (excluding diaryl/α,β-unsaturated/α-hetero) is 1. The summed E-state index contributed by atoms with van der Waals surface area (Å²) in [4.78, 5) is 42.4. The van der Waals surface area contributed by atoms with Crippen molar-refractivity contribution in [2.45, 2.75) is 63.1 Å². The Morgan fingerprint density at radius 1 is 0.930 bits per heavy atom. The maximum atomic E-state index is 13.8. The molecule has 13 heteroatoms. The van der Waals surface area contributed by atoms with E-state index in [9.17, 15) is 45.0 Å². The number of hydrogen-bond donors (Lipinski definition) is 6. The van der Waals surface area contributed by atoms with Crippen molar-refractivity contribution in [3.8, 4) is 34.1 Å². The second-order valence-corrected chi connectivity index (χ2v) is 11.1. The molecule has 1 aliphatic heterocycles. The zero-order valence-electron chi connectivity index (χ0n) is 23.8. The molecule has 43 heavy (non-hydrogen) atoms. The Kier molecular flexibility index (Phi) is 6.51. The van der Waals surface area contributed by atoms with Crippen LogP contribution in [0.1, 0.15) is 81.6 Å². The first-order valence-corrected chi connectivity index (χ1v) is 13.8. The SMILES string of the molecule is CCC[C@]1(OC)C(=O)c2c(O)c3c(c(O)c2C(=O)N1C)-c1c(c(OC)c2oc4c(c(=O)c2c1O)[C@H](O)[C@H](O)C[C@H]4O)CC3. The van der Waals surface area contributed by atoms with Gasteiger partial charge in [0, 0.05) is 49.3 Å². The van der Waals surface area contributed by atoms with E-state index in [1.165, 1.54) is 21.3 Å². The molecule has 6 N–H and O–H groups in total. The quantitative estimate of drug-likeness (QED) is 0.239. The molecule has 0 radical (unpaired) electrons. The number of carbonyl (C=O) groups is 2. The summed E-state index contributed by atoms with van der Waals surface area (Å²) < 4.78 is 17.0. The molecule has 1 amide bonds. The highest BCUT2D eigenvalue weighted by atomic mass is 16.5. The lowest BCUT2D eigenvalue weighted by Crippen LogP contribution is -2.60. The van der Waals surface area contributed by atoms with E-state index in [4.69, 9.17) is 13.9 Å². The minimum absolute atomic E-state index is 0.0151. The highest BCUT2D eigenvalue weighted by molar-refractivity contribution is 6.21. The van der Waals surface area contributed by atoms with Crippen molar-refractivity contribution in [3.63, 3.8) is 0 Å². The Hall–Kier alpha value is -4.17. The van der Waals surface area contributed by atoms with Gasteiger partial charge in [-0.25, -0.2) is 0 Å². The molecule has 13 nitrogen and oxygen atoms in total. The van der Waals surface area contributed by atoms with Crippen molar-refractivity contribution in [1.29, 1.82) is 0 Å². The third-order valence-electron chi connectivity index (χ3n) is 9.06. The van der Waals surface area contributed by atoms with E-state index in [0.717, 1.165) is 4.90 Å². The maximum Gasteiger partial charge on any atom is 0.260 e. The van der Waals surface area contributed by atoms with Gasteiger partial charge >= 0.3 is 0 Å². The van der Waals surface area contributed by atoms with Gasteiger partial charge < -0.3 is 49.4 Å². The number of fused-ring (bicyclic) bond motifs is 6. The van der Waals surface area contributed by atoms with Gasteiger partial charge in [-0.15, -0.1) is 0 Å². The fourth-order valence-corrected chi connectivity index (χ4v) is 6.96. The van der Waals surface area contributed by atoms with Crippen LogP contribution in [0.15, 0.2) is 9.21 Å². The van der Waals surface area contributed by atoms with Gasteiger partial charge in [-0.2, -0.15) is 0 Å². The highest BCUT2D eigenvalue weighted by Crippen LogP contribution is 2.56. The van der Waals surface area contributed by atoms with E-state index in [1.54, 1.807) is 6.92 Å². The van der Waals surface area contributed by atoms with Gasteiger partial charge in [0.15, 0.2) is 11.3 Å². The molecule has 0 bridgehead atoms. The number of methoxy groups -OCH3 is 2. The average molecular weight is 598 g/mol. The van der Waals surface area contributed by atoms with Crippen LogP contribution in [0.3, 0.4) is 0 Å². The second kappa shape index (κ2) is 9.67. The van der Waals surface area contributed by atoms with Crippen LogP contribution in [0.4, 0.5) is 0 Å². The zero-order valence-corrected chi connectivity index (χ0v) is 23.8. The summed E-state index contributed by atoms with van der Waals surface area (Å²) in [6.45, 7) is 1.80. The number of amides is 1. The molecule has 0 saturated carbocycles. The largest absolute Gasteiger partial charge is 0.507 e. The fourth-order valence-electron chi connectivity index (χ4n) is 6.96. The molecule has 3 aliphatic rings. The molecular weight excluding hydrogens is 566 g/mol. The molecular formula is C30H31NO12. The summed E-state index contributed by atoms with van der Waals surface area (Å²) in [6, 6.07) is 0. The van der Waals surface area contributed by atoms with Crippen molar-refractivity contribution in [3.05, 3.63) is 43.8 Å². The minimum atomic E-state index is -1.72. The van der Waals surface area contributed by atoms with Gasteiger partial charge in [0.2, 0.25) is 16.9 Å². The number of aromatic hydroxyl groups is 3. The molecule has 0 saturated heterocycles. The number of aliphatic hydroxyl groups excluding tert-OH is 3. The van der Waals surface area contributed by atoms with Crippen molar-refractivity contribution in [2.75, 3.05) is 21.3 Å². The average Bonchev–Trinajstić information content (AvgIpc) is 2.98. The van der Waals surface area contributed by atoms with Gasteiger partial charge in [-0.3, -0.25) is 14.4 Å². The predicted octanol–water partition coefficient (Wildman–Crippen LogP) is 1.93. The lowest BCUT2D eigenvalue weighted by molar-refractivity contribution is -0.0851. The number of aliphatic hydroxyl groups is 3. The summed E-state index contributed by atoms with van der Waals surface area (Å²) in [7, 11) is 3.92. The van der Waals surface area contributed by atoms with Crippen LogP contribution in [0.2, 0.25) is 0 Å². The number of benzene rings is 2. The highest BCUT2D eigenvalue weighted by Gasteiger charge is 2.53. The van der Waals surface area contributed by atoms with Gasteiger partial charge in [-0.05, 0) is 12.8 Å². The summed E-state index contributed by atoms with van der Waals surface area (Å²) >= 11 is 0. The summed E-state index contributed by atoms with van der Waals surface area (Å²) in [6.07, 6.45) is -4.21. The molecule has 4 atom stereocenters. The van der Waals surface area contributed by atoms with Crippen LogP contribution in [0.5, 0.6) is 23.0 Å². The number of ketones is 1. The van der Waals surface area contributed by atoms with E-state index in [2.05, 4.69) is 0 Å². The Bertz CT molecular complexity index is 1810. The fraction of sp³-hybridized carbons (Fsp3) is 0.433. The Morgan fingerprint density at radius 2 is 1.58 bits per heavy atom. The third-order valence-corrected chi connectivity index (χ3v) is 9.06. The second-order valence-electron chi connectivity index (χ2n) is 11.1. The first-order valence-electron chi connectivity index (χ1n) is 13.8. The number of carbonyl (C=O) groups excluding carboxylic acids is 2. The topological polar surface area (TPSA) is 207 Å². The van der Waals surface area contributed by atoms with E-state index < -0.39 is 80.5 Å². The lowest BCUT2D eigenvalue weighted by Gasteiger charge is -2.43. The van der Waals surface area contributed by atoms with Crippen LogP contribution < -0.4 is 10.2 Å². The molecule has 2 aromatic carbocycles. The number of likely N-dealkylation sites (N-methyl/N-ethyl adjacent to an activating group) is 1. The molecule has 1 aromatic heterocycles. The van der Waals surface area contributed by atoms with Crippen molar-refractivity contribution in [1.82, 2.24) is 4.90 Å². The van der Waals surface area contributed by atoms with Gasteiger partial charge in [-0.1, -0.05) is 13.3 Å². The first-order chi connectivity index (χ1) is 20.4. The standard InChI is InChI=1S/C30H31NO12/c1-5-8-30(42-4)28(39)16-17(29(40)31(30)2)22(36)14-10(20(16)34)6-7-11-15(14)23(37)19-24(38)18-21(35)12(32)9-13(33)26(18)43-27(19)25(11)41-3/h12-13,21,32-37H,5-9H2,1-4H3/t12-,13-,21-,30+/m1/s1. The Balaban J connectivity index is 1.72. The summed E-state index contributed by atoms with van der Waals surface area (Å²) in [5.74, 6) is -3.78. The molecule has 6 rings (SSSR count). The number of rotatable bonds is 4. The lowest BCUT2D eigenvalue weighted by atomic mass is 9.76. The number of phenolic OH excluding ortho intramolecular Hbond substituents is 3. The number of phenols is 3. The van der Waals surface area contributed by atoms with E-state index >= 15 is 0 Å². The van der Waals surface area contributed by atoms with Crippen molar-refractivity contribution in [2.24, 2.45) is 0 Å². The molecule has 0 spiro atoms. The Morgan fingerprint density at radius 3 is 2.21 bits per heavy atom. The van der Waals surface area contributed by atoms with Crippen molar-refractivity contribution >= 4 is 22.7 Å². The zero-order chi connectivity index (χ0) is 31.3. The van der Waals surface area contributed by atoms with Crippen molar-refractivity contribution < 1.29 is 54.1 Å². The summed E-state index contributed by atoms with van der Waals surface area (Å²) in [5, 5.41) is 65.7. The first kappa shape index (κ1) is 28.9. The minimum Gasteiger partial charge on any atom is -0.507 e. The van der Waals surface area contributed by atoms with Gasteiger partial charge in [0.25, 0.3) is 5.91 Å². The normalized spacial score (nSPS) is 24.4. The summed E-state index contributed by atoms with van der Waals surface area (Å²) in [5.41, 5.74) is -4.22. The third kappa shape index (κ3) is 3.50. The smallest absolute Gasteiger partial charge is 0.260 e. The van der Waals surface area contributed by atoms with Gasteiger partial charge in [0.1, 0.15) is 40.6 Å². The van der Waals surface area contributed by atoms with E-state index in [0.29, 0.717) is 6.42 Å². The van der Waals surface area contributed by atoms with Crippen LogP contribution in [-0.4, -0.2) is 80.3 Å². The van der Waals surface area contributed by atoms with Gasteiger partial charge in [0.05, 0.1) is 29.9 Å². The monoisotopic (exact) mass is 597 g/mol. The molecule has 0 fully saturated rings. The molecule has 2 heterocycles. The van der Waals surface area contributed by atoms with E-state index in [1.807, 2.05) is 0 Å². The van der Waals surface area contributed by atoms with Crippen LogP contribution in [0, 0.1) is 0 Å². The van der Waals surface area contributed by atoms with Crippen LogP contribution in [-0.2, 0) is 17.6 Å². The molecule has 3 aromatic rings. The Labute approximate surface area is 244 Å². The number of ether oxygens (including phenoxy) is 2. The van der Waals surface area contributed by atoms with E-state index in [-0.39, 0.29) is 65.0 Å². The van der Waals surface area contributed by atoms with Crippen LogP contribution >= 0.6 is 0 Å². The van der Waals surface area contributed by atoms with Crippen LogP contribution in [0.25, 0.3) is 22.1 Å². The molecule has 0 unspecified atom stereocenters. The number of nitrogens with zero attached hydrogens (tertiary/aromatic N) is 1. The maximum absolute atomic E-state index is 13.8. The molecule has 228 valence electrons. The predicted molar refractivity (Wildman–Crippen MR) is 148 cm³/mol.